The topological polar surface area (TPSA) is 77.2 Å². The molecule has 0 fully saturated rings. The molecule has 0 radical (unpaired) electrons. The van der Waals surface area contributed by atoms with Gasteiger partial charge in [0.25, 0.3) is 0 Å². The number of carboxylic acid groups (broad SMARTS) is 1. The highest BCUT2D eigenvalue weighted by Gasteiger charge is 2.23. The number of carbonyl (C=O) groups is 1. The van der Waals surface area contributed by atoms with Gasteiger partial charge in [0.1, 0.15) is 0 Å². The van der Waals surface area contributed by atoms with Crippen molar-refractivity contribution in [1.29, 1.82) is 0 Å². The maximum Gasteiger partial charge on any atom is 0.358 e. The molecule has 1 unspecified atom stereocenters. The van der Waals surface area contributed by atoms with Crippen LogP contribution in [0.15, 0.2) is 0 Å². The van der Waals surface area contributed by atoms with Crippen molar-refractivity contribution in [1.82, 2.24) is 15.0 Å². The van der Waals surface area contributed by atoms with Gasteiger partial charge in [-0.15, -0.1) is 5.10 Å². The Hall–Kier alpha value is -1.43. The fourth-order valence-corrected chi connectivity index (χ4v) is 1.63. The number of nitrogens with zero attached hydrogens (tertiary/aromatic N) is 3. The summed E-state index contributed by atoms with van der Waals surface area (Å²) in [7, 11) is 1.60. The summed E-state index contributed by atoms with van der Waals surface area (Å²) in [6.07, 6.45) is 0. The maximum absolute atomic E-state index is 11.0. The zero-order valence-corrected chi connectivity index (χ0v) is 9.97. The predicted molar refractivity (Wildman–Crippen MR) is 57.7 cm³/mol. The van der Waals surface area contributed by atoms with Gasteiger partial charge in [-0.1, -0.05) is 19.1 Å². The Labute approximate surface area is 94.2 Å². The molecule has 6 heteroatoms. The number of hydrogen-bond acceptors (Lipinski definition) is 4. The molecule has 1 aromatic heterocycles. The molecule has 1 heterocycles. The highest BCUT2D eigenvalue weighted by molar-refractivity contribution is 5.86. The van der Waals surface area contributed by atoms with E-state index < -0.39 is 5.97 Å². The molecule has 1 aromatic rings. The van der Waals surface area contributed by atoms with Crippen LogP contribution in [0, 0.1) is 0 Å². The Morgan fingerprint density at radius 2 is 2.12 bits per heavy atom. The van der Waals surface area contributed by atoms with Crippen LogP contribution in [-0.2, 0) is 4.74 Å². The molecule has 90 valence electrons. The molecular formula is C10H17N3O3. The monoisotopic (exact) mass is 227 g/mol. The summed E-state index contributed by atoms with van der Waals surface area (Å²) < 4.78 is 6.65. The second-order valence-corrected chi connectivity index (χ2v) is 4.03. The van der Waals surface area contributed by atoms with E-state index in [4.69, 9.17) is 9.84 Å². The number of rotatable bonds is 5. The van der Waals surface area contributed by atoms with Crippen molar-refractivity contribution < 1.29 is 14.6 Å². The van der Waals surface area contributed by atoms with Crippen LogP contribution in [0.3, 0.4) is 0 Å². The molecule has 6 nitrogen and oxygen atoms in total. The minimum atomic E-state index is -1.04. The van der Waals surface area contributed by atoms with E-state index in [0.29, 0.717) is 12.3 Å². The van der Waals surface area contributed by atoms with Gasteiger partial charge in [-0.2, -0.15) is 0 Å². The summed E-state index contributed by atoms with van der Waals surface area (Å²) in [6, 6.07) is -0.0250. The second-order valence-electron chi connectivity index (χ2n) is 4.03. The van der Waals surface area contributed by atoms with Crippen LogP contribution in [0.5, 0.6) is 0 Å². The van der Waals surface area contributed by atoms with Gasteiger partial charge in [-0.25, -0.2) is 9.48 Å². The Morgan fingerprint density at radius 1 is 1.50 bits per heavy atom. The third kappa shape index (κ3) is 2.38. The summed E-state index contributed by atoms with van der Waals surface area (Å²) in [5, 5.41) is 16.6. The molecule has 0 amide bonds. The Bertz CT molecular complexity index is 373. The van der Waals surface area contributed by atoms with Crippen LogP contribution < -0.4 is 0 Å². The van der Waals surface area contributed by atoms with Crippen LogP contribution in [-0.4, -0.2) is 39.8 Å². The molecule has 1 atom stereocenters. The van der Waals surface area contributed by atoms with Crippen LogP contribution in [0.4, 0.5) is 0 Å². The van der Waals surface area contributed by atoms with Crippen LogP contribution >= 0.6 is 0 Å². The summed E-state index contributed by atoms with van der Waals surface area (Å²) in [4.78, 5) is 11.0. The van der Waals surface area contributed by atoms with E-state index in [1.807, 2.05) is 20.8 Å². The lowest BCUT2D eigenvalue weighted by Crippen LogP contribution is -2.17. The van der Waals surface area contributed by atoms with Gasteiger partial charge in [0.2, 0.25) is 0 Å². The van der Waals surface area contributed by atoms with Gasteiger partial charge in [0, 0.05) is 7.11 Å². The molecule has 0 bridgehead atoms. The third-order valence-electron chi connectivity index (χ3n) is 2.31. The van der Waals surface area contributed by atoms with E-state index >= 15 is 0 Å². The summed E-state index contributed by atoms with van der Waals surface area (Å²) in [5.74, 6) is -0.986. The van der Waals surface area contributed by atoms with E-state index in [1.165, 1.54) is 0 Å². The van der Waals surface area contributed by atoms with Gasteiger partial charge in [-0.3, -0.25) is 0 Å². The van der Waals surface area contributed by atoms with Crippen LogP contribution in [0.25, 0.3) is 0 Å². The predicted octanol–water partition coefficient (Wildman–Crippen LogP) is 1.31. The van der Waals surface area contributed by atoms with Crippen LogP contribution in [0.2, 0.25) is 0 Å². The van der Waals surface area contributed by atoms with Crippen molar-refractivity contribution in [3.8, 4) is 0 Å². The lowest BCUT2D eigenvalue weighted by molar-refractivity contribution is 0.0688. The van der Waals surface area contributed by atoms with Crippen molar-refractivity contribution in [2.45, 2.75) is 32.7 Å². The summed E-state index contributed by atoms with van der Waals surface area (Å²) in [5.41, 5.74) is 0.662. The summed E-state index contributed by atoms with van der Waals surface area (Å²) >= 11 is 0. The number of aromatic carboxylic acids is 1. The Balaban J connectivity index is 3.14. The Kier molecular flexibility index (Phi) is 4.00. The van der Waals surface area contributed by atoms with E-state index in [1.54, 1.807) is 11.8 Å². The van der Waals surface area contributed by atoms with Crippen molar-refractivity contribution >= 4 is 5.97 Å². The molecule has 1 rings (SSSR count). The molecule has 0 saturated carbocycles. The smallest absolute Gasteiger partial charge is 0.358 e. The zero-order valence-electron chi connectivity index (χ0n) is 9.97. The SMILES string of the molecule is COCC(C)n1nnc(C(=O)O)c1C(C)C. The quantitative estimate of drug-likeness (QED) is 0.820. The zero-order chi connectivity index (χ0) is 12.3. The molecule has 0 aromatic carbocycles. The molecule has 0 aliphatic heterocycles. The Morgan fingerprint density at radius 3 is 2.56 bits per heavy atom. The number of hydrogen-bond donors (Lipinski definition) is 1. The van der Waals surface area contributed by atoms with E-state index in [2.05, 4.69) is 10.3 Å². The molecule has 1 N–H and O–H groups in total. The van der Waals surface area contributed by atoms with Gasteiger partial charge in [0.15, 0.2) is 5.69 Å². The first-order valence-corrected chi connectivity index (χ1v) is 5.16. The average molecular weight is 227 g/mol. The van der Waals surface area contributed by atoms with Gasteiger partial charge in [0.05, 0.1) is 18.3 Å². The highest BCUT2D eigenvalue weighted by atomic mass is 16.5. The minimum Gasteiger partial charge on any atom is -0.476 e. The molecule has 0 saturated heterocycles. The standard InChI is InChI=1S/C10H17N3O3/c1-6(2)9-8(10(14)15)11-12-13(9)7(3)5-16-4/h6-7H,5H2,1-4H3,(H,14,15). The third-order valence-corrected chi connectivity index (χ3v) is 2.31. The van der Waals surface area contributed by atoms with E-state index in [0.717, 1.165) is 0 Å². The van der Waals surface area contributed by atoms with Gasteiger partial charge < -0.3 is 9.84 Å². The minimum absolute atomic E-state index is 0.0250. The molecule has 16 heavy (non-hydrogen) atoms. The first-order chi connectivity index (χ1) is 7.49. The number of aromatic nitrogens is 3. The lowest BCUT2D eigenvalue weighted by atomic mass is 10.1. The molecular weight excluding hydrogens is 210 g/mol. The number of methoxy groups -OCH3 is 1. The first-order valence-electron chi connectivity index (χ1n) is 5.16. The van der Waals surface area contributed by atoms with Gasteiger partial charge in [-0.05, 0) is 12.8 Å². The maximum atomic E-state index is 11.0. The van der Waals surface area contributed by atoms with Crippen molar-refractivity contribution in [2.24, 2.45) is 0 Å². The first kappa shape index (κ1) is 12.6. The molecule has 0 aliphatic rings. The molecule has 0 spiro atoms. The number of carboxylic acids is 1. The van der Waals surface area contributed by atoms with Crippen molar-refractivity contribution in [3.05, 3.63) is 11.4 Å². The summed E-state index contributed by atoms with van der Waals surface area (Å²) in [6.45, 7) is 6.22. The van der Waals surface area contributed by atoms with E-state index in [-0.39, 0.29) is 17.7 Å². The highest BCUT2D eigenvalue weighted by Crippen LogP contribution is 2.21. The van der Waals surface area contributed by atoms with Gasteiger partial charge >= 0.3 is 5.97 Å². The second kappa shape index (κ2) is 5.07. The normalized spacial score (nSPS) is 13.1. The molecule has 0 aliphatic carbocycles. The van der Waals surface area contributed by atoms with E-state index in [9.17, 15) is 4.79 Å². The van der Waals surface area contributed by atoms with Crippen molar-refractivity contribution in [3.63, 3.8) is 0 Å². The average Bonchev–Trinajstić information content (AvgIpc) is 2.61. The van der Waals surface area contributed by atoms with Crippen LogP contribution in [0.1, 0.15) is 48.9 Å². The number of ether oxygens (including phenoxy) is 1. The fourth-order valence-electron chi connectivity index (χ4n) is 1.63. The van der Waals surface area contributed by atoms with Crippen molar-refractivity contribution in [2.75, 3.05) is 13.7 Å². The fraction of sp³-hybridized carbons (Fsp3) is 0.700. The largest absolute Gasteiger partial charge is 0.476 e. The lowest BCUT2D eigenvalue weighted by Gasteiger charge is -2.15.